The normalized spacial score (nSPS) is 11.5. The van der Waals surface area contributed by atoms with Crippen LogP contribution in [0.2, 0.25) is 0 Å². The first-order valence-corrected chi connectivity index (χ1v) is 17.5. The molecule has 0 saturated carbocycles. The molecule has 0 aliphatic rings. The van der Waals surface area contributed by atoms with Gasteiger partial charge in [-0.2, -0.15) is 0 Å². The summed E-state index contributed by atoms with van der Waals surface area (Å²) in [6, 6.07) is 51.7. The standard InChI is InChI=1S/C44H26N6S/c1-2-11-28(12-3-1)38-40-39(35-16-8-9-17-37(35)51-40)47-41(46-38)29-19-21-30(22-20-29)42-48-43(33-23-18-27-10-4-5-13-31(27)24-33)50-44(49-42)36-25-32-14-6-7-15-34(32)26-45-36/h1-26H. The first-order valence-electron chi connectivity index (χ1n) is 16.7. The van der Waals surface area contributed by atoms with Crippen LogP contribution in [0, 0.1) is 0 Å². The second-order valence-corrected chi connectivity index (χ2v) is 13.5. The van der Waals surface area contributed by atoms with E-state index in [0.29, 0.717) is 29.0 Å². The summed E-state index contributed by atoms with van der Waals surface area (Å²) in [6.45, 7) is 0. The van der Waals surface area contributed by atoms with Crippen LogP contribution in [0.5, 0.6) is 0 Å². The fourth-order valence-electron chi connectivity index (χ4n) is 6.56. The molecule has 51 heavy (non-hydrogen) atoms. The first-order chi connectivity index (χ1) is 25.2. The smallest absolute Gasteiger partial charge is 0.182 e. The molecule has 0 bridgehead atoms. The molecule has 0 aliphatic carbocycles. The van der Waals surface area contributed by atoms with Gasteiger partial charge in [-0.15, -0.1) is 11.3 Å². The number of pyridine rings is 1. The van der Waals surface area contributed by atoms with Crippen molar-refractivity contribution in [2.45, 2.75) is 0 Å². The van der Waals surface area contributed by atoms with Gasteiger partial charge in [-0.05, 0) is 34.4 Å². The van der Waals surface area contributed by atoms with Crippen molar-refractivity contribution in [3.63, 3.8) is 0 Å². The number of hydrogen-bond donors (Lipinski definition) is 0. The van der Waals surface area contributed by atoms with Crippen LogP contribution in [-0.4, -0.2) is 29.9 Å². The predicted molar refractivity (Wildman–Crippen MR) is 208 cm³/mol. The van der Waals surface area contributed by atoms with E-state index >= 15 is 0 Å². The zero-order valence-electron chi connectivity index (χ0n) is 27.1. The predicted octanol–water partition coefficient (Wildman–Crippen LogP) is 11.1. The molecule has 7 heteroatoms. The van der Waals surface area contributed by atoms with Crippen LogP contribution in [0.4, 0.5) is 0 Å². The Balaban J connectivity index is 1.11. The number of thiophene rings is 1. The molecular weight excluding hydrogens is 645 g/mol. The Kier molecular flexibility index (Phi) is 6.89. The molecule has 0 saturated heterocycles. The molecule has 0 aliphatic heterocycles. The van der Waals surface area contributed by atoms with Crippen LogP contribution in [-0.2, 0) is 0 Å². The molecule has 238 valence electrons. The highest BCUT2D eigenvalue weighted by molar-refractivity contribution is 7.26. The van der Waals surface area contributed by atoms with Crippen molar-refractivity contribution in [2.75, 3.05) is 0 Å². The van der Waals surface area contributed by atoms with E-state index in [0.717, 1.165) is 65.1 Å². The van der Waals surface area contributed by atoms with Crippen molar-refractivity contribution in [1.29, 1.82) is 0 Å². The van der Waals surface area contributed by atoms with E-state index in [4.69, 9.17) is 29.9 Å². The number of nitrogens with zero attached hydrogens (tertiary/aromatic N) is 6. The van der Waals surface area contributed by atoms with E-state index in [9.17, 15) is 0 Å². The third-order valence-electron chi connectivity index (χ3n) is 9.17. The summed E-state index contributed by atoms with van der Waals surface area (Å²) in [6.07, 6.45) is 1.87. The van der Waals surface area contributed by atoms with E-state index in [1.165, 1.54) is 4.70 Å². The number of rotatable bonds is 5. The number of fused-ring (bicyclic) bond motifs is 5. The first kappa shape index (κ1) is 29.2. The fourth-order valence-corrected chi connectivity index (χ4v) is 7.72. The zero-order valence-corrected chi connectivity index (χ0v) is 27.9. The summed E-state index contributed by atoms with van der Waals surface area (Å²) in [5.41, 5.74) is 6.34. The van der Waals surface area contributed by atoms with Gasteiger partial charge < -0.3 is 0 Å². The van der Waals surface area contributed by atoms with Gasteiger partial charge in [0.2, 0.25) is 0 Å². The topological polar surface area (TPSA) is 77.3 Å². The summed E-state index contributed by atoms with van der Waals surface area (Å²) in [5.74, 6) is 2.34. The maximum Gasteiger partial charge on any atom is 0.182 e. The second-order valence-electron chi connectivity index (χ2n) is 12.4. The molecule has 0 radical (unpaired) electrons. The highest BCUT2D eigenvalue weighted by Crippen LogP contribution is 2.39. The lowest BCUT2D eigenvalue weighted by molar-refractivity contribution is 1.06. The van der Waals surface area contributed by atoms with Crippen molar-refractivity contribution >= 4 is 53.2 Å². The molecule has 4 aromatic heterocycles. The molecule has 10 rings (SSSR count). The Bertz CT molecular complexity index is 2820. The summed E-state index contributed by atoms with van der Waals surface area (Å²) in [4.78, 5) is 30.0. The molecule has 0 amide bonds. The third kappa shape index (κ3) is 5.28. The van der Waals surface area contributed by atoms with Gasteiger partial charge in [-0.3, -0.25) is 4.98 Å². The van der Waals surface area contributed by atoms with Gasteiger partial charge in [-0.1, -0.05) is 133 Å². The molecule has 0 N–H and O–H groups in total. The number of hydrogen-bond acceptors (Lipinski definition) is 7. The molecule has 6 aromatic carbocycles. The highest BCUT2D eigenvalue weighted by atomic mass is 32.1. The van der Waals surface area contributed by atoms with E-state index in [2.05, 4.69) is 78.9 Å². The van der Waals surface area contributed by atoms with E-state index in [1.807, 2.05) is 79.0 Å². The Morgan fingerprint density at radius 3 is 1.76 bits per heavy atom. The van der Waals surface area contributed by atoms with Crippen LogP contribution in [0.15, 0.2) is 158 Å². The van der Waals surface area contributed by atoms with E-state index in [1.54, 1.807) is 11.3 Å². The van der Waals surface area contributed by atoms with Gasteiger partial charge in [-0.25, -0.2) is 24.9 Å². The zero-order chi connectivity index (χ0) is 33.7. The van der Waals surface area contributed by atoms with Gasteiger partial charge in [0, 0.05) is 43.9 Å². The summed E-state index contributed by atoms with van der Waals surface area (Å²) >= 11 is 1.73. The average Bonchev–Trinajstić information content (AvgIpc) is 3.59. The molecule has 0 spiro atoms. The van der Waals surface area contributed by atoms with Crippen molar-refractivity contribution in [3.05, 3.63) is 158 Å². The summed E-state index contributed by atoms with van der Waals surface area (Å²) in [5, 5.41) is 5.56. The van der Waals surface area contributed by atoms with Gasteiger partial charge in [0.15, 0.2) is 23.3 Å². The molecule has 10 aromatic rings. The van der Waals surface area contributed by atoms with Crippen molar-refractivity contribution in [2.24, 2.45) is 0 Å². The van der Waals surface area contributed by atoms with E-state index < -0.39 is 0 Å². The van der Waals surface area contributed by atoms with Crippen LogP contribution < -0.4 is 0 Å². The minimum absolute atomic E-state index is 0.517. The van der Waals surface area contributed by atoms with Gasteiger partial charge >= 0.3 is 0 Å². The summed E-state index contributed by atoms with van der Waals surface area (Å²) in [7, 11) is 0. The number of aromatic nitrogens is 6. The molecule has 4 heterocycles. The maximum atomic E-state index is 5.15. The van der Waals surface area contributed by atoms with Crippen molar-refractivity contribution < 1.29 is 0 Å². The molecule has 6 nitrogen and oxygen atoms in total. The summed E-state index contributed by atoms with van der Waals surface area (Å²) < 4.78 is 2.28. The van der Waals surface area contributed by atoms with Gasteiger partial charge in [0.1, 0.15) is 5.69 Å². The molecule has 0 unspecified atom stereocenters. The number of benzene rings is 6. The Morgan fingerprint density at radius 1 is 0.392 bits per heavy atom. The lowest BCUT2D eigenvalue weighted by Gasteiger charge is -2.10. The quantitative estimate of drug-likeness (QED) is 0.181. The van der Waals surface area contributed by atoms with Crippen LogP contribution in [0.25, 0.3) is 98.8 Å². The highest BCUT2D eigenvalue weighted by Gasteiger charge is 2.18. The monoisotopic (exact) mass is 670 g/mol. The Hall–Kier alpha value is -6.70. The molecule has 0 atom stereocenters. The molecular formula is C44H26N6S. The maximum absolute atomic E-state index is 5.15. The van der Waals surface area contributed by atoms with Crippen LogP contribution >= 0.6 is 11.3 Å². The fraction of sp³-hybridized carbons (Fsp3) is 0. The average molecular weight is 671 g/mol. The van der Waals surface area contributed by atoms with Crippen LogP contribution in [0.3, 0.4) is 0 Å². The van der Waals surface area contributed by atoms with E-state index in [-0.39, 0.29) is 0 Å². The van der Waals surface area contributed by atoms with Gasteiger partial charge in [0.25, 0.3) is 0 Å². The minimum Gasteiger partial charge on any atom is -0.252 e. The van der Waals surface area contributed by atoms with Crippen molar-refractivity contribution in [1.82, 2.24) is 29.9 Å². The van der Waals surface area contributed by atoms with Crippen molar-refractivity contribution in [3.8, 4) is 56.9 Å². The third-order valence-corrected chi connectivity index (χ3v) is 10.3. The largest absolute Gasteiger partial charge is 0.252 e. The molecule has 0 fully saturated rings. The second kappa shape index (κ2) is 12.0. The van der Waals surface area contributed by atoms with Crippen LogP contribution in [0.1, 0.15) is 0 Å². The lowest BCUT2D eigenvalue weighted by Crippen LogP contribution is -2.01. The van der Waals surface area contributed by atoms with Gasteiger partial charge in [0.05, 0.1) is 15.9 Å². The SMILES string of the molecule is c1ccc(-c2nc(-c3ccc(-c4nc(-c5ccc6ccccc6c5)nc(-c5cc6ccccc6cn5)n4)cc3)nc3c2sc2ccccc23)cc1. The Labute approximate surface area is 296 Å². The minimum atomic E-state index is 0.517. The lowest BCUT2D eigenvalue weighted by atomic mass is 10.1. The Morgan fingerprint density at radius 2 is 0.980 bits per heavy atom.